The zero-order chi connectivity index (χ0) is 9.68. The first kappa shape index (κ1) is 10.3. The van der Waals surface area contributed by atoms with Crippen LogP contribution in [0.3, 0.4) is 0 Å². The zero-order valence-corrected chi connectivity index (χ0v) is 8.80. The van der Waals surface area contributed by atoms with Crippen molar-refractivity contribution in [3.63, 3.8) is 0 Å². The zero-order valence-electron chi connectivity index (χ0n) is 7.91. The number of methoxy groups -OCH3 is 2. The Balaban J connectivity index is 3.03. The summed E-state index contributed by atoms with van der Waals surface area (Å²) in [4.78, 5) is 0. The maximum Gasteiger partial charge on any atom is 0.163 e. The van der Waals surface area contributed by atoms with Crippen molar-refractivity contribution in [2.24, 2.45) is 0 Å². The number of hydrogen-bond donors (Lipinski definition) is 1. The molecule has 0 aliphatic rings. The predicted molar refractivity (Wildman–Crippen MR) is 57.1 cm³/mol. The summed E-state index contributed by atoms with van der Waals surface area (Å²) in [5, 5.41) is 0. The number of thiol groups is 1. The third-order valence-corrected chi connectivity index (χ3v) is 2.09. The molecule has 0 aromatic heterocycles. The molecule has 0 fully saturated rings. The standard InChI is InChI=1S/C10H14O2S/c1-11-9-5-3-4-8(6-7-13)10(9)12-2/h3-5,13H,6-7H2,1-2H3. The number of ether oxygens (including phenoxy) is 2. The molecule has 0 unspecified atom stereocenters. The van der Waals surface area contributed by atoms with Crippen LogP contribution >= 0.6 is 12.6 Å². The number of aryl methyl sites for hydroxylation is 1. The Kier molecular flexibility index (Phi) is 3.96. The van der Waals surface area contributed by atoms with Crippen LogP contribution in [0.4, 0.5) is 0 Å². The van der Waals surface area contributed by atoms with Gasteiger partial charge >= 0.3 is 0 Å². The molecule has 0 N–H and O–H groups in total. The smallest absolute Gasteiger partial charge is 0.163 e. The summed E-state index contributed by atoms with van der Waals surface area (Å²) in [7, 11) is 3.29. The molecular formula is C10H14O2S. The van der Waals surface area contributed by atoms with Crippen molar-refractivity contribution in [3.8, 4) is 11.5 Å². The molecule has 3 heteroatoms. The average Bonchev–Trinajstić information content (AvgIpc) is 2.18. The molecule has 1 aromatic rings. The summed E-state index contributed by atoms with van der Waals surface area (Å²) in [6, 6.07) is 5.87. The van der Waals surface area contributed by atoms with Crippen LogP contribution in [0.5, 0.6) is 11.5 Å². The summed E-state index contributed by atoms with van der Waals surface area (Å²) >= 11 is 4.19. The highest BCUT2D eigenvalue weighted by atomic mass is 32.1. The molecule has 0 aliphatic heterocycles. The Morgan fingerprint density at radius 3 is 2.54 bits per heavy atom. The molecule has 0 saturated carbocycles. The summed E-state index contributed by atoms with van der Waals surface area (Å²) in [5.74, 6) is 2.41. The monoisotopic (exact) mass is 198 g/mol. The van der Waals surface area contributed by atoms with E-state index >= 15 is 0 Å². The molecule has 0 amide bonds. The van der Waals surface area contributed by atoms with Gasteiger partial charge in [-0.2, -0.15) is 12.6 Å². The van der Waals surface area contributed by atoms with Gasteiger partial charge in [-0.05, 0) is 23.8 Å². The molecule has 0 bridgehead atoms. The molecule has 0 heterocycles. The van der Waals surface area contributed by atoms with Gasteiger partial charge in [0, 0.05) is 0 Å². The van der Waals surface area contributed by atoms with Crippen LogP contribution in [-0.2, 0) is 6.42 Å². The third-order valence-electron chi connectivity index (χ3n) is 1.87. The molecule has 72 valence electrons. The molecule has 1 rings (SSSR count). The van der Waals surface area contributed by atoms with Crippen molar-refractivity contribution in [3.05, 3.63) is 23.8 Å². The van der Waals surface area contributed by atoms with E-state index in [1.54, 1.807) is 14.2 Å². The summed E-state index contributed by atoms with van der Waals surface area (Å²) in [5.41, 5.74) is 1.14. The van der Waals surface area contributed by atoms with Gasteiger partial charge in [0.2, 0.25) is 0 Å². The fraction of sp³-hybridized carbons (Fsp3) is 0.400. The quantitative estimate of drug-likeness (QED) is 0.747. The number of benzene rings is 1. The molecule has 1 aromatic carbocycles. The summed E-state index contributed by atoms with van der Waals surface area (Å²) in [6.07, 6.45) is 0.892. The topological polar surface area (TPSA) is 18.5 Å². The van der Waals surface area contributed by atoms with Crippen molar-refractivity contribution in [1.82, 2.24) is 0 Å². The molecule has 0 atom stereocenters. The van der Waals surface area contributed by atoms with E-state index in [4.69, 9.17) is 9.47 Å². The number of rotatable bonds is 4. The SMILES string of the molecule is COc1cccc(CCS)c1OC. The summed E-state index contributed by atoms with van der Waals surface area (Å²) < 4.78 is 10.4. The normalized spacial score (nSPS) is 9.77. The summed E-state index contributed by atoms with van der Waals surface area (Å²) in [6.45, 7) is 0. The van der Waals surface area contributed by atoms with Crippen molar-refractivity contribution in [2.45, 2.75) is 6.42 Å². The van der Waals surface area contributed by atoms with E-state index < -0.39 is 0 Å². The van der Waals surface area contributed by atoms with E-state index in [1.807, 2.05) is 18.2 Å². The minimum absolute atomic E-state index is 0.779. The van der Waals surface area contributed by atoms with Crippen LogP contribution in [0.15, 0.2) is 18.2 Å². The van der Waals surface area contributed by atoms with E-state index in [2.05, 4.69) is 12.6 Å². The predicted octanol–water partition coefficient (Wildman–Crippen LogP) is 2.18. The second-order valence-corrected chi connectivity index (χ2v) is 3.07. The van der Waals surface area contributed by atoms with Gasteiger partial charge < -0.3 is 9.47 Å². The minimum atomic E-state index is 0.779. The van der Waals surface area contributed by atoms with E-state index in [9.17, 15) is 0 Å². The molecule has 0 radical (unpaired) electrons. The fourth-order valence-corrected chi connectivity index (χ4v) is 1.51. The highest BCUT2D eigenvalue weighted by Crippen LogP contribution is 2.30. The Hall–Kier alpha value is -0.830. The van der Waals surface area contributed by atoms with E-state index in [0.717, 1.165) is 29.2 Å². The Bertz CT molecular complexity index is 274. The maximum absolute atomic E-state index is 5.26. The molecule has 0 saturated heterocycles. The van der Waals surface area contributed by atoms with Crippen LogP contribution in [0.25, 0.3) is 0 Å². The Morgan fingerprint density at radius 2 is 2.00 bits per heavy atom. The molecule has 0 aliphatic carbocycles. The molecule has 13 heavy (non-hydrogen) atoms. The van der Waals surface area contributed by atoms with Gasteiger partial charge in [0.05, 0.1) is 14.2 Å². The van der Waals surface area contributed by atoms with Crippen LogP contribution in [-0.4, -0.2) is 20.0 Å². The molecular weight excluding hydrogens is 184 g/mol. The van der Waals surface area contributed by atoms with Gasteiger partial charge in [0.15, 0.2) is 11.5 Å². The highest BCUT2D eigenvalue weighted by Gasteiger charge is 2.07. The van der Waals surface area contributed by atoms with Crippen LogP contribution in [0, 0.1) is 0 Å². The van der Waals surface area contributed by atoms with Crippen LogP contribution < -0.4 is 9.47 Å². The first-order valence-corrected chi connectivity index (χ1v) is 4.77. The molecule has 2 nitrogen and oxygen atoms in total. The van der Waals surface area contributed by atoms with Crippen LogP contribution in [0.1, 0.15) is 5.56 Å². The van der Waals surface area contributed by atoms with Gasteiger partial charge in [0.1, 0.15) is 0 Å². The average molecular weight is 198 g/mol. The van der Waals surface area contributed by atoms with Gasteiger partial charge in [-0.15, -0.1) is 0 Å². The van der Waals surface area contributed by atoms with E-state index in [1.165, 1.54) is 0 Å². The minimum Gasteiger partial charge on any atom is -0.493 e. The van der Waals surface area contributed by atoms with Crippen LogP contribution in [0.2, 0.25) is 0 Å². The fourth-order valence-electron chi connectivity index (χ4n) is 1.27. The highest BCUT2D eigenvalue weighted by molar-refractivity contribution is 7.80. The van der Waals surface area contributed by atoms with E-state index in [-0.39, 0.29) is 0 Å². The largest absolute Gasteiger partial charge is 0.493 e. The third kappa shape index (κ3) is 2.31. The molecule has 0 spiro atoms. The lowest BCUT2D eigenvalue weighted by Gasteiger charge is -2.11. The second-order valence-electron chi connectivity index (χ2n) is 2.63. The van der Waals surface area contributed by atoms with Gasteiger partial charge in [-0.25, -0.2) is 0 Å². The lowest BCUT2D eigenvalue weighted by Crippen LogP contribution is -1.96. The lowest BCUT2D eigenvalue weighted by atomic mass is 10.1. The van der Waals surface area contributed by atoms with Crippen molar-refractivity contribution in [2.75, 3.05) is 20.0 Å². The number of hydrogen-bond acceptors (Lipinski definition) is 3. The Morgan fingerprint density at radius 1 is 1.23 bits per heavy atom. The maximum atomic E-state index is 5.26. The second kappa shape index (κ2) is 5.02. The first-order valence-electron chi connectivity index (χ1n) is 4.14. The Labute approximate surface area is 84.3 Å². The first-order chi connectivity index (χ1) is 6.33. The van der Waals surface area contributed by atoms with Gasteiger partial charge in [-0.3, -0.25) is 0 Å². The van der Waals surface area contributed by atoms with Crippen molar-refractivity contribution < 1.29 is 9.47 Å². The van der Waals surface area contributed by atoms with Gasteiger partial charge in [0.25, 0.3) is 0 Å². The lowest BCUT2D eigenvalue weighted by molar-refractivity contribution is 0.352. The van der Waals surface area contributed by atoms with Gasteiger partial charge in [-0.1, -0.05) is 12.1 Å². The van der Waals surface area contributed by atoms with Crippen molar-refractivity contribution in [1.29, 1.82) is 0 Å². The number of para-hydroxylation sites is 1. The van der Waals surface area contributed by atoms with Crippen molar-refractivity contribution >= 4 is 12.6 Å². The van der Waals surface area contributed by atoms with E-state index in [0.29, 0.717) is 0 Å².